The Bertz CT molecular complexity index is 654. The first-order valence-corrected chi connectivity index (χ1v) is 7.08. The molecule has 0 aliphatic heterocycles. The second-order valence-corrected chi connectivity index (χ2v) is 5.96. The molecule has 0 saturated carbocycles. The highest BCUT2D eigenvalue weighted by Crippen LogP contribution is 2.29. The van der Waals surface area contributed by atoms with Gasteiger partial charge in [0.25, 0.3) is 0 Å². The van der Waals surface area contributed by atoms with Gasteiger partial charge in [0, 0.05) is 4.47 Å². The Kier molecular flexibility index (Phi) is 3.94. The smallest absolute Gasteiger partial charge is 0.358 e. The molecule has 0 radical (unpaired) electrons. The molecule has 2 rings (SSSR count). The average Bonchev–Trinajstić information content (AvgIpc) is 2.72. The number of hydrogen-bond acceptors (Lipinski definition) is 3. The quantitative estimate of drug-likeness (QED) is 0.930. The standard InChI is InChI=1S/C14H16BrN3O2/c1-7(2)12-11(14(19)20)16-17-18(12)13-9(4)5-8(3)6-10(13)15/h5-7H,1-4H3,(H,19,20). The van der Waals surface area contributed by atoms with Crippen LogP contribution < -0.4 is 0 Å². The number of carboxylic acids is 1. The van der Waals surface area contributed by atoms with E-state index in [1.54, 1.807) is 4.68 Å². The number of hydrogen-bond donors (Lipinski definition) is 1. The second-order valence-electron chi connectivity index (χ2n) is 5.11. The number of rotatable bonds is 3. The van der Waals surface area contributed by atoms with Crippen LogP contribution in [0.5, 0.6) is 0 Å². The van der Waals surface area contributed by atoms with Crippen LogP contribution in [0.2, 0.25) is 0 Å². The zero-order valence-corrected chi connectivity index (χ0v) is 13.4. The molecule has 5 nitrogen and oxygen atoms in total. The Morgan fingerprint density at radius 1 is 1.35 bits per heavy atom. The summed E-state index contributed by atoms with van der Waals surface area (Å²) < 4.78 is 2.49. The molecule has 0 aliphatic carbocycles. The van der Waals surface area contributed by atoms with Gasteiger partial charge in [0.1, 0.15) is 0 Å². The van der Waals surface area contributed by atoms with E-state index in [-0.39, 0.29) is 11.6 Å². The maximum absolute atomic E-state index is 11.3. The largest absolute Gasteiger partial charge is 0.476 e. The Morgan fingerprint density at radius 3 is 2.50 bits per heavy atom. The van der Waals surface area contributed by atoms with Crippen LogP contribution in [0.15, 0.2) is 16.6 Å². The van der Waals surface area contributed by atoms with Crippen molar-refractivity contribution in [3.05, 3.63) is 39.1 Å². The fraction of sp³-hybridized carbons (Fsp3) is 0.357. The summed E-state index contributed by atoms with van der Waals surface area (Å²) in [6.07, 6.45) is 0. The fourth-order valence-electron chi connectivity index (χ4n) is 2.30. The third-order valence-corrected chi connectivity index (χ3v) is 3.67. The van der Waals surface area contributed by atoms with Crippen molar-refractivity contribution in [2.24, 2.45) is 0 Å². The lowest BCUT2D eigenvalue weighted by atomic mass is 10.1. The van der Waals surface area contributed by atoms with Crippen molar-refractivity contribution in [2.45, 2.75) is 33.6 Å². The van der Waals surface area contributed by atoms with Crippen molar-refractivity contribution >= 4 is 21.9 Å². The number of carbonyl (C=O) groups is 1. The summed E-state index contributed by atoms with van der Waals surface area (Å²) in [7, 11) is 0. The number of carboxylic acid groups (broad SMARTS) is 1. The molecule has 0 saturated heterocycles. The Hall–Kier alpha value is -1.69. The van der Waals surface area contributed by atoms with Gasteiger partial charge >= 0.3 is 5.97 Å². The molecular formula is C14H16BrN3O2. The summed E-state index contributed by atoms with van der Waals surface area (Å²) in [4.78, 5) is 11.3. The predicted molar refractivity (Wildman–Crippen MR) is 79.6 cm³/mol. The van der Waals surface area contributed by atoms with E-state index in [9.17, 15) is 9.90 Å². The van der Waals surface area contributed by atoms with Crippen LogP contribution in [0.4, 0.5) is 0 Å². The third kappa shape index (κ3) is 2.47. The van der Waals surface area contributed by atoms with Crippen LogP contribution in [0, 0.1) is 13.8 Å². The minimum atomic E-state index is -1.05. The van der Waals surface area contributed by atoms with Crippen molar-refractivity contribution in [3.8, 4) is 5.69 Å². The van der Waals surface area contributed by atoms with E-state index in [1.165, 1.54) is 0 Å². The Balaban J connectivity index is 2.74. The molecule has 1 aromatic carbocycles. The lowest BCUT2D eigenvalue weighted by Crippen LogP contribution is -2.10. The van der Waals surface area contributed by atoms with E-state index in [4.69, 9.17) is 0 Å². The topological polar surface area (TPSA) is 68.0 Å². The molecule has 2 aromatic rings. The van der Waals surface area contributed by atoms with Crippen LogP contribution in [0.1, 0.15) is 47.1 Å². The number of benzene rings is 1. The Labute approximate surface area is 125 Å². The van der Waals surface area contributed by atoms with Crippen molar-refractivity contribution in [3.63, 3.8) is 0 Å². The van der Waals surface area contributed by atoms with E-state index in [2.05, 4.69) is 26.2 Å². The second kappa shape index (κ2) is 5.36. The van der Waals surface area contributed by atoms with Gasteiger partial charge in [-0.25, -0.2) is 9.48 Å². The highest BCUT2D eigenvalue weighted by atomic mass is 79.9. The van der Waals surface area contributed by atoms with Crippen molar-refractivity contribution in [1.82, 2.24) is 15.0 Å². The number of nitrogens with zero attached hydrogens (tertiary/aromatic N) is 3. The summed E-state index contributed by atoms with van der Waals surface area (Å²) >= 11 is 3.53. The average molecular weight is 338 g/mol. The first kappa shape index (κ1) is 14.7. The zero-order chi connectivity index (χ0) is 15.0. The molecule has 0 unspecified atom stereocenters. The van der Waals surface area contributed by atoms with Gasteiger partial charge in [0.15, 0.2) is 5.69 Å². The highest BCUT2D eigenvalue weighted by molar-refractivity contribution is 9.10. The van der Waals surface area contributed by atoms with Crippen molar-refractivity contribution in [2.75, 3.05) is 0 Å². The van der Waals surface area contributed by atoms with Crippen LogP contribution in [0.25, 0.3) is 5.69 Å². The van der Waals surface area contributed by atoms with Crippen molar-refractivity contribution in [1.29, 1.82) is 0 Å². The molecule has 0 atom stereocenters. The molecule has 106 valence electrons. The highest BCUT2D eigenvalue weighted by Gasteiger charge is 2.24. The molecule has 0 fully saturated rings. The number of halogens is 1. The predicted octanol–water partition coefficient (Wildman–Crippen LogP) is 3.47. The normalized spacial score (nSPS) is 11.1. The maximum Gasteiger partial charge on any atom is 0.358 e. The summed E-state index contributed by atoms with van der Waals surface area (Å²) in [6, 6.07) is 4.01. The Morgan fingerprint density at radius 2 is 2.00 bits per heavy atom. The number of aromatic carboxylic acids is 1. The first-order chi connectivity index (χ1) is 9.32. The van der Waals surface area contributed by atoms with E-state index in [1.807, 2.05) is 39.8 Å². The van der Waals surface area contributed by atoms with Crippen LogP contribution in [0.3, 0.4) is 0 Å². The monoisotopic (exact) mass is 337 g/mol. The van der Waals surface area contributed by atoms with Gasteiger partial charge in [-0.3, -0.25) is 0 Å². The molecule has 0 amide bonds. The molecule has 6 heteroatoms. The SMILES string of the molecule is Cc1cc(C)c(-n2nnc(C(=O)O)c2C(C)C)c(Br)c1. The maximum atomic E-state index is 11.3. The van der Waals surface area contributed by atoms with E-state index in [0.717, 1.165) is 21.3 Å². The summed E-state index contributed by atoms with van der Waals surface area (Å²) in [6.45, 7) is 7.84. The number of aryl methyl sites for hydroxylation is 2. The lowest BCUT2D eigenvalue weighted by Gasteiger charge is -2.14. The molecule has 20 heavy (non-hydrogen) atoms. The molecule has 0 aliphatic rings. The van der Waals surface area contributed by atoms with E-state index >= 15 is 0 Å². The van der Waals surface area contributed by atoms with Gasteiger partial charge in [-0.05, 0) is 52.9 Å². The van der Waals surface area contributed by atoms with Gasteiger partial charge in [-0.2, -0.15) is 0 Å². The molecule has 1 aromatic heterocycles. The molecule has 1 N–H and O–H groups in total. The van der Waals surface area contributed by atoms with E-state index < -0.39 is 5.97 Å². The van der Waals surface area contributed by atoms with E-state index in [0.29, 0.717) is 5.69 Å². The molecule has 0 spiro atoms. The van der Waals surface area contributed by atoms with Crippen LogP contribution in [-0.4, -0.2) is 26.1 Å². The molecular weight excluding hydrogens is 322 g/mol. The van der Waals surface area contributed by atoms with Gasteiger partial charge in [0.2, 0.25) is 0 Å². The first-order valence-electron chi connectivity index (χ1n) is 6.29. The van der Waals surface area contributed by atoms with Gasteiger partial charge < -0.3 is 5.11 Å². The zero-order valence-electron chi connectivity index (χ0n) is 11.8. The van der Waals surface area contributed by atoms with Gasteiger partial charge in [-0.15, -0.1) is 5.10 Å². The lowest BCUT2D eigenvalue weighted by molar-refractivity contribution is 0.0688. The van der Waals surface area contributed by atoms with Gasteiger partial charge in [0.05, 0.1) is 11.4 Å². The summed E-state index contributed by atoms with van der Waals surface area (Å²) in [5.74, 6) is -1.05. The molecule has 1 heterocycles. The van der Waals surface area contributed by atoms with Crippen LogP contribution >= 0.6 is 15.9 Å². The van der Waals surface area contributed by atoms with Gasteiger partial charge in [-0.1, -0.05) is 25.1 Å². The third-order valence-electron chi connectivity index (χ3n) is 3.06. The van der Waals surface area contributed by atoms with Crippen molar-refractivity contribution < 1.29 is 9.90 Å². The summed E-state index contributed by atoms with van der Waals surface area (Å²) in [5, 5.41) is 17.1. The fourth-order valence-corrected chi connectivity index (χ4v) is 3.14. The minimum absolute atomic E-state index is 0.00343. The minimum Gasteiger partial charge on any atom is -0.476 e. The van der Waals surface area contributed by atoms with Crippen LogP contribution in [-0.2, 0) is 0 Å². The summed E-state index contributed by atoms with van der Waals surface area (Å²) in [5.41, 5.74) is 3.58. The number of aromatic nitrogens is 3. The molecule has 0 bridgehead atoms.